The zero-order valence-corrected chi connectivity index (χ0v) is 9.53. The Hall–Kier alpha value is -1.16. The first kappa shape index (κ1) is 11.9. The molecule has 0 aromatic carbocycles. The molecule has 0 saturated heterocycles. The second-order valence-electron chi connectivity index (χ2n) is 4.52. The summed E-state index contributed by atoms with van der Waals surface area (Å²) in [6, 6.07) is 3.80. The van der Waals surface area contributed by atoms with E-state index in [1.165, 1.54) is 0 Å². The Kier molecular flexibility index (Phi) is 4.49. The third-order valence-corrected chi connectivity index (χ3v) is 2.38. The van der Waals surface area contributed by atoms with E-state index in [1.54, 1.807) is 6.20 Å². The molecule has 0 aliphatic heterocycles. The fraction of sp³-hybridized carbons (Fsp3) is 0.636. The summed E-state index contributed by atoms with van der Waals surface area (Å²) < 4.78 is 0. The van der Waals surface area contributed by atoms with Crippen LogP contribution in [0.1, 0.15) is 26.7 Å². The molecule has 84 valence electrons. The lowest BCUT2D eigenvalue weighted by molar-refractivity contribution is 0.350. The van der Waals surface area contributed by atoms with E-state index in [0.29, 0.717) is 0 Å². The lowest BCUT2D eigenvalue weighted by atomic mass is 9.88. The van der Waals surface area contributed by atoms with Gasteiger partial charge in [0.2, 0.25) is 0 Å². The van der Waals surface area contributed by atoms with Gasteiger partial charge in [0.1, 0.15) is 5.82 Å². The first-order valence-electron chi connectivity index (χ1n) is 5.36. The van der Waals surface area contributed by atoms with Gasteiger partial charge in [-0.25, -0.2) is 0 Å². The Labute approximate surface area is 91.3 Å². The van der Waals surface area contributed by atoms with Gasteiger partial charge in [0, 0.05) is 12.7 Å². The molecule has 0 unspecified atom stereocenters. The van der Waals surface area contributed by atoms with E-state index in [-0.39, 0.29) is 5.41 Å². The van der Waals surface area contributed by atoms with Crippen LogP contribution in [0.5, 0.6) is 0 Å². The van der Waals surface area contributed by atoms with Gasteiger partial charge in [0.15, 0.2) is 0 Å². The van der Waals surface area contributed by atoms with E-state index >= 15 is 0 Å². The van der Waals surface area contributed by atoms with Crippen LogP contribution in [0.15, 0.2) is 18.3 Å². The van der Waals surface area contributed by atoms with Gasteiger partial charge < -0.3 is 11.1 Å². The molecule has 4 heteroatoms. The summed E-state index contributed by atoms with van der Waals surface area (Å²) in [6.07, 6.45) is 3.86. The van der Waals surface area contributed by atoms with Gasteiger partial charge in [-0.15, -0.1) is 5.10 Å². The smallest absolute Gasteiger partial charge is 0.148 e. The highest BCUT2D eigenvalue weighted by atomic mass is 15.2. The van der Waals surface area contributed by atoms with Crippen molar-refractivity contribution in [3.63, 3.8) is 0 Å². The van der Waals surface area contributed by atoms with Gasteiger partial charge in [-0.2, -0.15) is 5.10 Å². The number of hydrogen-bond acceptors (Lipinski definition) is 4. The Morgan fingerprint density at radius 1 is 1.47 bits per heavy atom. The quantitative estimate of drug-likeness (QED) is 0.746. The Bertz CT molecular complexity index is 271. The molecule has 0 spiro atoms. The average molecular weight is 208 g/mol. The summed E-state index contributed by atoms with van der Waals surface area (Å²) in [5.41, 5.74) is 5.75. The number of aromatic nitrogens is 2. The van der Waals surface area contributed by atoms with Crippen LogP contribution < -0.4 is 11.1 Å². The van der Waals surface area contributed by atoms with Crippen LogP contribution in [0.4, 0.5) is 5.82 Å². The van der Waals surface area contributed by atoms with Crippen molar-refractivity contribution in [2.24, 2.45) is 11.1 Å². The van der Waals surface area contributed by atoms with Crippen molar-refractivity contribution >= 4 is 5.82 Å². The molecule has 0 saturated carbocycles. The monoisotopic (exact) mass is 208 g/mol. The number of nitrogens with one attached hydrogen (secondary N) is 1. The van der Waals surface area contributed by atoms with Crippen LogP contribution in [-0.2, 0) is 0 Å². The van der Waals surface area contributed by atoms with Gasteiger partial charge in [0.25, 0.3) is 0 Å². The van der Waals surface area contributed by atoms with Gasteiger partial charge in [-0.1, -0.05) is 13.8 Å². The van der Waals surface area contributed by atoms with Gasteiger partial charge in [0.05, 0.1) is 0 Å². The molecular weight excluding hydrogens is 188 g/mol. The van der Waals surface area contributed by atoms with Crippen LogP contribution in [0.2, 0.25) is 0 Å². The van der Waals surface area contributed by atoms with Crippen LogP contribution in [0, 0.1) is 5.41 Å². The highest BCUT2D eigenvalue weighted by Gasteiger charge is 2.16. The van der Waals surface area contributed by atoms with Crippen molar-refractivity contribution in [2.75, 3.05) is 18.4 Å². The molecule has 15 heavy (non-hydrogen) atoms. The Morgan fingerprint density at radius 3 is 2.87 bits per heavy atom. The average Bonchev–Trinajstić information content (AvgIpc) is 2.25. The van der Waals surface area contributed by atoms with E-state index in [1.807, 2.05) is 12.1 Å². The van der Waals surface area contributed by atoms with Crippen molar-refractivity contribution in [2.45, 2.75) is 26.7 Å². The van der Waals surface area contributed by atoms with E-state index < -0.39 is 0 Å². The molecule has 1 rings (SSSR count). The zero-order valence-electron chi connectivity index (χ0n) is 9.53. The topological polar surface area (TPSA) is 63.8 Å². The van der Waals surface area contributed by atoms with E-state index in [0.717, 1.165) is 31.7 Å². The van der Waals surface area contributed by atoms with E-state index in [9.17, 15) is 0 Å². The third kappa shape index (κ3) is 4.74. The van der Waals surface area contributed by atoms with Crippen molar-refractivity contribution in [1.29, 1.82) is 0 Å². The Balaban J connectivity index is 2.35. The highest BCUT2D eigenvalue weighted by Crippen LogP contribution is 2.21. The summed E-state index contributed by atoms with van der Waals surface area (Å²) in [6.45, 7) is 6.11. The zero-order chi connectivity index (χ0) is 11.1. The predicted octanol–water partition coefficient (Wildman–Crippen LogP) is 1.65. The number of anilines is 1. The second kappa shape index (κ2) is 5.66. The molecule has 1 aromatic heterocycles. The molecule has 1 aromatic rings. The van der Waals surface area contributed by atoms with Gasteiger partial charge >= 0.3 is 0 Å². The molecule has 0 atom stereocenters. The van der Waals surface area contributed by atoms with Crippen LogP contribution in [-0.4, -0.2) is 23.3 Å². The lowest BCUT2D eigenvalue weighted by Gasteiger charge is -2.24. The summed E-state index contributed by atoms with van der Waals surface area (Å²) in [7, 11) is 0. The fourth-order valence-corrected chi connectivity index (χ4v) is 1.39. The predicted molar refractivity (Wildman–Crippen MR) is 62.6 cm³/mol. The van der Waals surface area contributed by atoms with Crippen LogP contribution >= 0.6 is 0 Å². The normalized spacial score (nSPS) is 11.4. The van der Waals surface area contributed by atoms with E-state index in [2.05, 4.69) is 29.4 Å². The second-order valence-corrected chi connectivity index (χ2v) is 4.52. The maximum Gasteiger partial charge on any atom is 0.148 e. The molecule has 0 amide bonds. The molecular formula is C11H20N4. The summed E-state index contributed by atoms with van der Waals surface area (Å²) in [4.78, 5) is 0. The minimum absolute atomic E-state index is 0.247. The standard InChI is InChI=1S/C11H20N4/c1-11(2,6-4-7-12)9-13-10-5-3-8-14-15-10/h3,5,8H,4,6-7,9,12H2,1-2H3,(H,13,15). The molecule has 0 fully saturated rings. The summed E-state index contributed by atoms with van der Waals surface area (Å²) in [5.74, 6) is 0.832. The summed E-state index contributed by atoms with van der Waals surface area (Å²) in [5, 5.41) is 11.1. The van der Waals surface area contributed by atoms with Crippen molar-refractivity contribution in [3.05, 3.63) is 18.3 Å². The van der Waals surface area contributed by atoms with Crippen molar-refractivity contribution in [1.82, 2.24) is 10.2 Å². The first-order chi connectivity index (χ1) is 7.14. The maximum atomic E-state index is 5.50. The fourth-order valence-electron chi connectivity index (χ4n) is 1.39. The maximum absolute atomic E-state index is 5.50. The molecule has 0 aliphatic rings. The van der Waals surface area contributed by atoms with Crippen LogP contribution in [0.3, 0.4) is 0 Å². The highest BCUT2D eigenvalue weighted by molar-refractivity contribution is 5.31. The first-order valence-corrected chi connectivity index (χ1v) is 5.36. The molecule has 3 N–H and O–H groups in total. The summed E-state index contributed by atoms with van der Waals surface area (Å²) >= 11 is 0. The number of hydrogen-bond donors (Lipinski definition) is 2. The van der Waals surface area contributed by atoms with Gasteiger partial charge in [-0.3, -0.25) is 0 Å². The molecule has 4 nitrogen and oxygen atoms in total. The molecule has 0 bridgehead atoms. The van der Waals surface area contributed by atoms with Crippen molar-refractivity contribution in [3.8, 4) is 0 Å². The minimum atomic E-state index is 0.247. The van der Waals surface area contributed by atoms with Crippen LogP contribution in [0.25, 0.3) is 0 Å². The number of nitrogens with zero attached hydrogens (tertiary/aromatic N) is 2. The minimum Gasteiger partial charge on any atom is -0.368 e. The molecule has 0 aliphatic carbocycles. The van der Waals surface area contributed by atoms with Gasteiger partial charge in [-0.05, 0) is 36.9 Å². The SMILES string of the molecule is CC(C)(CCCN)CNc1cccnn1. The third-order valence-electron chi connectivity index (χ3n) is 2.38. The largest absolute Gasteiger partial charge is 0.368 e. The number of rotatable bonds is 6. The molecule has 1 heterocycles. The van der Waals surface area contributed by atoms with Crippen molar-refractivity contribution < 1.29 is 0 Å². The number of nitrogens with two attached hydrogens (primary N) is 1. The molecule has 0 radical (unpaired) electrons. The van der Waals surface area contributed by atoms with E-state index in [4.69, 9.17) is 5.73 Å². The Morgan fingerprint density at radius 2 is 2.27 bits per heavy atom. The lowest BCUT2D eigenvalue weighted by Crippen LogP contribution is -2.24.